The lowest BCUT2D eigenvalue weighted by Crippen LogP contribution is -2.38. The van der Waals surface area contributed by atoms with Gasteiger partial charge in [-0.05, 0) is 24.3 Å². The number of benzene rings is 2. The van der Waals surface area contributed by atoms with Gasteiger partial charge in [0, 0.05) is 19.2 Å². The topological polar surface area (TPSA) is 102 Å². The molecule has 4 rings (SSSR count). The van der Waals surface area contributed by atoms with E-state index in [-0.39, 0.29) is 24.8 Å². The van der Waals surface area contributed by atoms with Gasteiger partial charge in [-0.2, -0.15) is 0 Å². The number of ether oxygens (including phenoxy) is 2. The van der Waals surface area contributed by atoms with Crippen LogP contribution in [0.3, 0.4) is 0 Å². The first kappa shape index (κ1) is 16.6. The Balaban J connectivity index is 1.43. The van der Waals surface area contributed by atoms with Crippen LogP contribution in [0, 0.1) is 0 Å². The summed E-state index contributed by atoms with van der Waals surface area (Å²) in [7, 11) is -3.81. The van der Waals surface area contributed by atoms with Gasteiger partial charge in [0.2, 0.25) is 16.8 Å². The number of carbonyl (C=O) groups is 2. The minimum atomic E-state index is -3.81. The van der Waals surface area contributed by atoms with E-state index < -0.39 is 21.8 Å². The highest BCUT2D eigenvalue weighted by atomic mass is 32.2. The van der Waals surface area contributed by atoms with Crippen LogP contribution < -0.4 is 14.2 Å². The molecular weight excluding hydrogens is 360 g/mol. The molecule has 9 heteroatoms. The van der Waals surface area contributed by atoms with Gasteiger partial charge in [-0.1, -0.05) is 12.1 Å². The Morgan fingerprint density at radius 1 is 0.962 bits per heavy atom. The Morgan fingerprint density at radius 3 is 2.31 bits per heavy atom. The molecule has 2 heterocycles. The Labute approximate surface area is 149 Å². The van der Waals surface area contributed by atoms with E-state index in [2.05, 4.69) is 4.72 Å². The molecule has 8 nitrogen and oxygen atoms in total. The second-order valence-electron chi connectivity index (χ2n) is 5.72. The normalized spacial score (nSPS) is 15.5. The Hall–Kier alpha value is -2.91. The molecule has 2 amide bonds. The molecular formula is C17H14N2O6S. The van der Waals surface area contributed by atoms with Crippen LogP contribution in [0.5, 0.6) is 11.5 Å². The standard InChI is InChI=1S/C17H14N2O6S/c20-16-12-3-1-2-4-13(12)17(21)19(16)8-7-18-26(22,23)11-5-6-14-15(9-11)25-10-24-14/h1-6,9,18H,7-8,10H2. The van der Waals surface area contributed by atoms with E-state index in [9.17, 15) is 18.0 Å². The number of hydrogen-bond donors (Lipinski definition) is 1. The molecule has 0 radical (unpaired) electrons. The first-order valence-electron chi connectivity index (χ1n) is 7.82. The first-order chi connectivity index (χ1) is 12.5. The number of hydrogen-bond acceptors (Lipinski definition) is 6. The van der Waals surface area contributed by atoms with E-state index >= 15 is 0 Å². The number of rotatable bonds is 5. The minimum absolute atomic E-state index is 0.0177. The van der Waals surface area contributed by atoms with E-state index in [1.165, 1.54) is 18.2 Å². The summed E-state index contributed by atoms with van der Waals surface area (Å²) in [4.78, 5) is 25.6. The fraction of sp³-hybridized carbons (Fsp3) is 0.176. The lowest BCUT2D eigenvalue weighted by molar-refractivity contribution is 0.0657. The van der Waals surface area contributed by atoms with Gasteiger partial charge in [-0.25, -0.2) is 13.1 Å². The summed E-state index contributed by atoms with van der Waals surface area (Å²) in [6.07, 6.45) is 0. The molecule has 2 aliphatic heterocycles. The van der Waals surface area contributed by atoms with Crippen molar-refractivity contribution >= 4 is 21.8 Å². The zero-order chi connectivity index (χ0) is 18.3. The van der Waals surface area contributed by atoms with Crippen molar-refractivity contribution in [3.63, 3.8) is 0 Å². The van der Waals surface area contributed by atoms with Crippen LogP contribution >= 0.6 is 0 Å². The number of fused-ring (bicyclic) bond motifs is 2. The lowest BCUT2D eigenvalue weighted by Gasteiger charge is -2.14. The third kappa shape index (κ3) is 2.71. The zero-order valence-corrected chi connectivity index (χ0v) is 14.3. The van der Waals surface area contributed by atoms with Crippen molar-refractivity contribution in [2.45, 2.75) is 4.90 Å². The highest BCUT2D eigenvalue weighted by Gasteiger charge is 2.34. The van der Waals surface area contributed by atoms with Crippen molar-refractivity contribution in [1.82, 2.24) is 9.62 Å². The summed E-state index contributed by atoms with van der Waals surface area (Å²) in [5, 5.41) is 0. The molecule has 2 aliphatic rings. The predicted molar refractivity (Wildman–Crippen MR) is 89.6 cm³/mol. The molecule has 134 valence electrons. The van der Waals surface area contributed by atoms with Gasteiger partial charge >= 0.3 is 0 Å². The SMILES string of the molecule is O=C1c2ccccc2C(=O)N1CCNS(=O)(=O)c1ccc2c(c1)OCO2. The largest absolute Gasteiger partial charge is 0.454 e. The monoisotopic (exact) mass is 374 g/mol. The maximum absolute atomic E-state index is 12.4. The van der Waals surface area contributed by atoms with Gasteiger partial charge in [-0.3, -0.25) is 14.5 Å². The maximum Gasteiger partial charge on any atom is 0.261 e. The van der Waals surface area contributed by atoms with Crippen LogP contribution in [0.25, 0.3) is 0 Å². The Bertz CT molecular complexity index is 983. The fourth-order valence-corrected chi connectivity index (χ4v) is 3.90. The van der Waals surface area contributed by atoms with Gasteiger partial charge in [-0.15, -0.1) is 0 Å². The Kier molecular flexibility index (Phi) is 3.89. The van der Waals surface area contributed by atoms with Crippen molar-refractivity contribution in [3.8, 4) is 11.5 Å². The predicted octanol–water partition coefficient (Wildman–Crippen LogP) is 0.990. The number of carbonyl (C=O) groups excluding carboxylic acids is 2. The summed E-state index contributed by atoms with van der Waals surface area (Å²) < 4.78 is 37.5. The van der Waals surface area contributed by atoms with Crippen LogP contribution in [-0.4, -0.2) is 45.0 Å². The summed E-state index contributed by atoms with van der Waals surface area (Å²) >= 11 is 0. The molecule has 26 heavy (non-hydrogen) atoms. The number of imide groups is 1. The second kappa shape index (κ2) is 6.11. The number of nitrogens with one attached hydrogen (secondary N) is 1. The smallest absolute Gasteiger partial charge is 0.261 e. The highest BCUT2D eigenvalue weighted by molar-refractivity contribution is 7.89. The molecule has 2 aromatic carbocycles. The summed E-state index contributed by atoms with van der Waals surface area (Å²) in [5.41, 5.74) is 0.659. The first-order valence-corrected chi connectivity index (χ1v) is 9.30. The van der Waals surface area contributed by atoms with Crippen molar-refractivity contribution in [2.24, 2.45) is 0 Å². The van der Waals surface area contributed by atoms with Crippen molar-refractivity contribution in [3.05, 3.63) is 53.6 Å². The quantitative estimate of drug-likeness (QED) is 0.783. The molecule has 0 saturated heterocycles. The van der Waals surface area contributed by atoms with Crippen molar-refractivity contribution in [2.75, 3.05) is 19.9 Å². The highest BCUT2D eigenvalue weighted by Crippen LogP contribution is 2.33. The molecule has 0 atom stereocenters. The lowest BCUT2D eigenvalue weighted by atomic mass is 10.1. The summed E-state index contributed by atoms with van der Waals surface area (Å²) in [6.45, 7) is -0.107. The summed E-state index contributed by atoms with van der Waals surface area (Å²) in [5.74, 6) is -0.0102. The van der Waals surface area contributed by atoms with Crippen molar-refractivity contribution < 1.29 is 27.5 Å². The molecule has 0 fully saturated rings. The van der Waals surface area contributed by atoms with E-state index in [1.807, 2.05) is 0 Å². The molecule has 2 aromatic rings. The van der Waals surface area contributed by atoms with Crippen LogP contribution in [0.2, 0.25) is 0 Å². The Morgan fingerprint density at radius 2 is 1.62 bits per heavy atom. The summed E-state index contributed by atoms with van der Waals surface area (Å²) in [6, 6.07) is 10.8. The molecule has 0 bridgehead atoms. The van der Waals surface area contributed by atoms with E-state index in [0.717, 1.165) is 4.90 Å². The average Bonchev–Trinajstić information content (AvgIpc) is 3.20. The fourth-order valence-electron chi connectivity index (χ4n) is 2.86. The van der Waals surface area contributed by atoms with Gasteiger partial charge in [0.05, 0.1) is 16.0 Å². The van der Waals surface area contributed by atoms with Gasteiger partial charge in [0.15, 0.2) is 11.5 Å². The molecule has 0 aliphatic carbocycles. The van der Waals surface area contributed by atoms with Crippen molar-refractivity contribution in [1.29, 1.82) is 0 Å². The van der Waals surface area contributed by atoms with Crippen LogP contribution in [0.15, 0.2) is 47.4 Å². The number of sulfonamides is 1. The zero-order valence-electron chi connectivity index (χ0n) is 13.5. The van der Waals surface area contributed by atoms with Gasteiger partial charge in [0.1, 0.15) is 0 Å². The van der Waals surface area contributed by atoms with Gasteiger partial charge < -0.3 is 9.47 Å². The number of amides is 2. The average molecular weight is 374 g/mol. The second-order valence-corrected chi connectivity index (χ2v) is 7.49. The maximum atomic E-state index is 12.4. The molecule has 0 aromatic heterocycles. The van der Waals surface area contributed by atoms with Crippen LogP contribution in [0.4, 0.5) is 0 Å². The third-order valence-electron chi connectivity index (χ3n) is 4.16. The minimum Gasteiger partial charge on any atom is -0.454 e. The molecule has 0 unspecified atom stereocenters. The van der Waals surface area contributed by atoms with E-state index in [4.69, 9.17) is 9.47 Å². The number of nitrogens with zero attached hydrogens (tertiary/aromatic N) is 1. The van der Waals surface area contributed by atoms with Gasteiger partial charge in [0.25, 0.3) is 11.8 Å². The molecule has 0 spiro atoms. The van der Waals surface area contributed by atoms with Crippen LogP contribution in [-0.2, 0) is 10.0 Å². The van der Waals surface area contributed by atoms with E-state index in [1.54, 1.807) is 24.3 Å². The van der Waals surface area contributed by atoms with E-state index in [0.29, 0.717) is 22.6 Å². The molecule has 1 N–H and O–H groups in total. The molecule has 0 saturated carbocycles. The van der Waals surface area contributed by atoms with Crippen LogP contribution in [0.1, 0.15) is 20.7 Å². The third-order valence-corrected chi connectivity index (χ3v) is 5.62.